The predicted molar refractivity (Wildman–Crippen MR) is 244 cm³/mol. The van der Waals surface area contributed by atoms with Crippen LogP contribution in [0.4, 0.5) is 0 Å². The van der Waals surface area contributed by atoms with Gasteiger partial charge in [-0.05, 0) is 64.2 Å². The molecule has 0 aliphatic heterocycles. The monoisotopic (exact) mass is 770 g/mol. The Morgan fingerprint density at radius 2 is 0.764 bits per heavy atom. The van der Waals surface area contributed by atoms with Gasteiger partial charge in [0.05, 0.1) is 18.8 Å². The first kappa shape index (κ1) is 53.4. The summed E-state index contributed by atoms with van der Waals surface area (Å²) in [4.78, 5) is 12.4. The SMILES string of the molecule is CCCCCCC/C=C\C/C=C\CCCCCCCCCCCCCC(=O)NC(CO)C(O)/C=C/CC/C=C/CCCCCCCCCCCCCCCC. The van der Waals surface area contributed by atoms with E-state index in [0.29, 0.717) is 6.42 Å². The minimum absolute atomic E-state index is 0.0752. The summed E-state index contributed by atoms with van der Waals surface area (Å²) in [5.74, 6) is -0.0752. The van der Waals surface area contributed by atoms with E-state index in [1.165, 1.54) is 193 Å². The molecule has 0 saturated heterocycles. The van der Waals surface area contributed by atoms with Gasteiger partial charge in [-0.1, -0.05) is 229 Å². The van der Waals surface area contributed by atoms with Gasteiger partial charge in [-0.15, -0.1) is 0 Å². The molecule has 0 bridgehead atoms. The maximum Gasteiger partial charge on any atom is 0.220 e. The second kappa shape index (κ2) is 46.7. The van der Waals surface area contributed by atoms with Gasteiger partial charge in [-0.2, -0.15) is 0 Å². The molecule has 0 aromatic carbocycles. The Balaban J connectivity index is 3.58. The number of hydrogen-bond acceptors (Lipinski definition) is 3. The number of allylic oxidation sites excluding steroid dienone is 7. The lowest BCUT2D eigenvalue weighted by atomic mass is 10.0. The van der Waals surface area contributed by atoms with Crippen molar-refractivity contribution in [1.82, 2.24) is 5.32 Å². The summed E-state index contributed by atoms with van der Waals surface area (Å²) in [6.07, 6.45) is 63.8. The molecule has 0 aromatic rings. The first-order chi connectivity index (χ1) is 27.2. The van der Waals surface area contributed by atoms with Crippen LogP contribution >= 0.6 is 0 Å². The molecule has 322 valence electrons. The van der Waals surface area contributed by atoms with Crippen molar-refractivity contribution in [3.8, 4) is 0 Å². The maximum absolute atomic E-state index is 12.4. The van der Waals surface area contributed by atoms with Crippen molar-refractivity contribution < 1.29 is 15.0 Å². The van der Waals surface area contributed by atoms with Crippen LogP contribution in [-0.2, 0) is 4.79 Å². The van der Waals surface area contributed by atoms with E-state index in [2.05, 4.69) is 55.6 Å². The summed E-state index contributed by atoms with van der Waals surface area (Å²) in [5.41, 5.74) is 0. The standard InChI is InChI=1S/C51H95NO3/c1-3-5-7-9-11-13-15-17-19-21-23-25-26-27-29-31-33-35-37-39-41-43-45-47-51(55)52-49(48-53)50(54)46-44-42-40-38-36-34-32-30-28-24-22-20-18-16-14-12-10-8-6-4-2/h15,17,21,23,36,38,44,46,49-50,53-54H,3-14,16,18-20,22,24-35,37,39-43,45,47-48H2,1-2H3,(H,52,55)/b17-15-,23-21-,38-36+,46-44+. The zero-order chi connectivity index (χ0) is 40.0. The molecule has 2 atom stereocenters. The van der Waals surface area contributed by atoms with Gasteiger partial charge in [0, 0.05) is 6.42 Å². The van der Waals surface area contributed by atoms with Crippen LogP contribution in [0.2, 0.25) is 0 Å². The third kappa shape index (κ3) is 43.3. The lowest BCUT2D eigenvalue weighted by molar-refractivity contribution is -0.123. The van der Waals surface area contributed by atoms with Crippen molar-refractivity contribution in [3.63, 3.8) is 0 Å². The van der Waals surface area contributed by atoms with Crippen LogP contribution in [0.25, 0.3) is 0 Å². The largest absolute Gasteiger partial charge is 0.394 e. The fraction of sp³-hybridized carbons (Fsp3) is 0.824. The second-order valence-corrected chi connectivity index (χ2v) is 16.5. The van der Waals surface area contributed by atoms with E-state index in [9.17, 15) is 15.0 Å². The average Bonchev–Trinajstić information content (AvgIpc) is 3.19. The highest BCUT2D eigenvalue weighted by atomic mass is 16.3. The van der Waals surface area contributed by atoms with E-state index in [4.69, 9.17) is 0 Å². The topological polar surface area (TPSA) is 69.6 Å². The van der Waals surface area contributed by atoms with Gasteiger partial charge in [-0.3, -0.25) is 4.79 Å². The van der Waals surface area contributed by atoms with Crippen molar-refractivity contribution in [3.05, 3.63) is 48.6 Å². The summed E-state index contributed by atoms with van der Waals surface area (Å²) in [5, 5.41) is 23.1. The van der Waals surface area contributed by atoms with Crippen LogP contribution in [0.15, 0.2) is 48.6 Å². The molecule has 1 amide bonds. The van der Waals surface area contributed by atoms with E-state index in [1.54, 1.807) is 6.08 Å². The number of carbonyl (C=O) groups excluding carboxylic acids is 1. The molecule has 0 fully saturated rings. The van der Waals surface area contributed by atoms with Crippen LogP contribution in [-0.4, -0.2) is 34.9 Å². The third-order valence-electron chi connectivity index (χ3n) is 11.0. The highest BCUT2D eigenvalue weighted by Crippen LogP contribution is 2.15. The molecule has 4 heteroatoms. The smallest absolute Gasteiger partial charge is 0.220 e. The first-order valence-electron chi connectivity index (χ1n) is 24.4. The van der Waals surface area contributed by atoms with E-state index in [0.717, 1.165) is 38.5 Å². The van der Waals surface area contributed by atoms with Crippen LogP contribution in [0.1, 0.15) is 251 Å². The van der Waals surface area contributed by atoms with Gasteiger partial charge in [0.2, 0.25) is 5.91 Å². The molecule has 0 aliphatic carbocycles. The zero-order valence-electron chi connectivity index (χ0n) is 36.9. The van der Waals surface area contributed by atoms with Gasteiger partial charge in [0.25, 0.3) is 0 Å². The highest BCUT2D eigenvalue weighted by Gasteiger charge is 2.17. The summed E-state index contributed by atoms with van der Waals surface area (Å²) < 4.78 is 0. The molecule has 3 N–H and O–H groups in total. The summed E-state index contributed by atoms with van der Waals surface area (Å²) in [7, 11) is 0. The van der Waals surface area contributed by atoms with Gasteiger partial charge >= 0.3 is 0 Å². The molecule has 0 aromatic heterocycles. The molecule has 4 nitrogen and oxygen atoms in total. The number of aliphatic hydroxyl groups is 2. The van der Waals surface area contributed by atoms with Crippen molar-refractivity contribution in [2.75, 3.05) is 6.61 Å². The number of aliphatic hydroxyl groups excluding tert-OH is 2. The number of nitrogens with one attached hydrogen (secondary N) is 1. The van der Waals surface area contributed by atoms with Crippen LogP contribution in [0, 0.1) is 0 Å². The molecule has 0 heterocycles. The fourth-order valence-electron chi connectivity index (χ4n) is 7.28. The van der Waals surface area contributed by atoms with Gasteiger partial charge < -0.3 is 15.5 Å². The van der Waals surface area contributed by atoms with Crippen LogP contribution < -0.4 is 5.32 Å². The number of amides is 1. The Morgan fingerprint density at radius 3 is 1.16 bits per heavy atom. The van der Waals surface area contributed by atoms with E-state index in [-0.39, 0.29) is 12.5 Å². The average molecular weight is 770 g/mol. The van der Waals surface area contributed by atoms with E-state index >= 15 is 0 Å². The first-order valence-corrected chi connectivity index (χ1v) is 24.4. The molecule has 0 spiro atoms. The number of hydrogen-bond donors (Lipinski definition) is 3. The van der Waals surface area contributed by atoms with E-state index < -0.39 is 12.1 Å². The molecular formula is C51H95NO3. The minimum Gasteiger partial charge on any atom is -0.394 e. The Morgan fingerprint density at radius 1 is 0.436 bits per heavy atom. The van der Waals surface area contributed by atoms with Crippen molar-refractivity contribution in [2.24, 2.45) is 0 Å². The van der Waals surface area contributed by atoms with Crippen molar-refractivity contribution >= 4 is 5.91 Å². The predicted octanol–water partition coefficient (Wildman–Crippen LogP) is 15.5. The number of carbonyl (C=O) groups is 1. The molecular weight excluding hydrogens is 675 g/mol. The summed E-state index contributed by atoms with van der Waals surface area (Å²) in [6, 6.07) is -0.641. The lowest BCUT2D eigenvalue weighted by Gasteiger charge is -2.19. The molecule has 0 saturated carbocycles. The highest BCUT2D eigenvalue weighted by molar-refractivity contribution is 5.76. The summed E-state index contributed by atoms with van der Waals surface area (Å²) >= 11 is 0. The third-order valence-corrected chi connectivity index (χ3v) is 11.0. The summed E-state index contributed by atoms with van der Waals surface area (Å²) in [6.45, 7) is 4.30. The Kier molecular flexibility index (Phi) is 45.3. The number of unbranched alkanes of at least 4 members (excludes halogenated alkanes) is 31. The molecule has 2 unspecified atom stereocenters. The van der Waals surface area contributed by atoms with Crippen molar-refractivity contribution in [2.45, 2.75) is 264 Å². The Labute approximate surface area is 344 Å². The molecule has 55 heavy (non-hydrogen) atoms. The van der Waals surface area contributed by atoms with E-state index in [1.807, 2.05) is 6.08 Å². The Hall–Kier alpha value is -1.65. The number of rotatable bonds is 44. The molecule has 0 radical (unpaired) electrons. The van der Waals surface area contributed by atoms with Crippen LogP contribution in [0.3, 0.4) is 0 Å². The van der Waals surface area contributed by atoms with Crippen LogP contribution in [0.5, 0.6) is 0 Å². The van der Waals surface area contributed by atoms with Gasteiger partial charge in [0.1, 0.15) is 0 Å². The minimum atomic E-state index is -0.864. The molecule has 0 rings (SSSR count). The van der Waals surface area contributed by atoms with Gasteiger partial charge in [0.15, 0.2) is 0 Å². The quantitative estimate of drug-likeness (QED) is 0.0427. The van der Waals surface area contributed by atoms with Crippen molar-refractivity contribution in [1.29, 1.82) is 0 Å². The lowest BCUT2D eigenvalue weighted by Crippen LogP contribution is -2.45. The fourth-order valence-corrected chi connectivity index (χ4v) is 7.28. The zero-order valence-corrected chi connectivity index (χ0v) is 36.9. The Bertz CT molecular complexity index is 877. The normalized spacial score (nSPS) is 13.3. The van der Waals surface area contributed by atoms with Gasteiger partial charge in [-0.25, -0.2) is 0 Å². The maximum atomic E-state index is 12.4. The second-order valence-electron chi connectivity index (χ2n) is 16.5. The molecule has 0 aliphatic rings.